The van der Waals surface area contributed by atoms with Gasteiger partial charge in [-0.3, -0.25) is 0 Å². The number of aliphatic hydroxyl groups is 1. The van der Waals surface area contributed by atoms with Crippen molar-refractivity contribution in [2.45, 2.75) is 25.6 Å². The molecule has 0 aliphatic carbocycles. The number of carbonyl (C=O) groups excluding carboxylic acids is 1. The van der Waals surface area contributed by atoms with Gasteiger partial charge in [0.15, 0.2) is 0 Å². The van der Waals surface area contributed by atoms with E-state index in [1.807, 2.05) is 12.1 Å². The Kier molecular flexibility index (Phi) is 6.26. The number of halogens is 1. The first-order valence-electron chi connectivity index (χ1n) is 6.34. The van der Waals surface area contributed by atoms with Crippen LogP contribution in [0.1, 0.15) is 25.5 Å². The lowest BCUT2D eigenvalue weighted by molar-refractivity contribution is 0.0807. The van der Waals surface area contributed by atoms with E-state index in [-0.39, 0.29) is 18.7 Å². The average Bonchev–Trinajstić information content (AvgIpc) is 2.36. The molecule has 1 atom stereocenters. The van der Waals surface area contributed by atoms with Crippen LogP contribution in [0.5, 0.6) is 0 Å². The molecular weight excluding hydrogens is 280 g/mol. The summed E-state index contributed by atoms with van der Waals surface area (Å²) < 4.78 is 5.34. The monoisotopic (exact) mass is 300 g/mol. The smallest absolute Gasteiger partial charge is 0.314 e. The van der Waals surface area contributed by atoms with Gasteiger partial charge in [-0.1, -0.05) is 23.7 Å². The maximum absolute atomic E-state index is 11.6. The number of hydrogen-bond acceptors (Lipinski definition) is 3. The molecule has 0 aliphatic heterocycles. The van der Waals surface area contributed by atoms with Crippen LogP contribution in [-0.4, -0.2) is 36.9 Å². The molecule has 0 unspecified atom stereocenters. The zero-order valence-electron chi connectivity index (χ0n) is 11.9. The maximum Gasteiger partial charge on any atom is 0.314 e. The molecule has 1 rings (SSSR count). The topological polar surface area (TPSA) is 70.6 Å². The first kappa shape index (κ1) is 16.8. The minimum Gasteiger partial charge on any atom is -0.389 e. The van der Waals surface area contributed by atoms with Crippen LogP contribution in [0.3, 0.4) is 0 Å². The molecule has 6 heteroatoms. The molecule has 0 heterocycles. The largest absolute Gasteiger partial charge is 0.389 e. The Morgan fingerprint density at radius 3 is 2.70 bits per heavy atom. The molecule has 3 N–H and O–H groups in total. The molecule has 0 saturated heterocycles. The van der Waals surface area contributed by atoms with E-state index in [4.69, 9.17) is 16.3 Å². The Balaban J connectivity index is 2.48. The first-order chi connectivity index (χ1) is 9.31. The highest BCUT2D eigenvalue weighted by atomic mass is 35.5. The van der Waals surface area contributed by atoms with Crippen molar-refractivity contribution in [1.29, 1.82) is 0 Å². The van der Waals surface area contributed by atoms with Gasteiger partial charge in [0.05, 0.1) is 11.7 Å². The van der Waals surface area contributed by atoms with Gasteiger partial charge in [0.1, 0.15) is 0 Å². The number of amides is 2. The van der Waals surface area contributed by atoms with Crippen LogP contribution in [0, 0.1) is 0 Å². The third kappa shape index (κ3) is 6.23. The van der Waals surface area contributed by atoms with Crippen molar-refractivity contribution >= 4 is 17.6 Å². The molecule has 1 aromatic rings. The predicted molar refractivity (Wildman–Crippen MR) is 78.9 cm³/mol. The van der Waals surface area contributed by atoms with Crippen LogP contribution in [0.15, 0.2) is 24.3 Å². The Bertz CT molecular complexity index is 446. The number of urea groups is 1. The molecule has 1 aromatic carbocycles. The number of benzene rings is 1. The second-order valence-electron chi connectivity index (χ2n) is 5.16. The molecule has 5 nitrogen and oxygen atoms in total. The van der Waals surface area contributed by atoms with Gasteiger partial charge in [0.25, 0.3) is 0 Å². The molecule has 0 saturated carbocycles. The summed E-state index contributed by atoms with van der Waals surface area (Å²) in [5.74, 6) is 0. The maximum atomic E-state index is 11.6. The summed E-state index contributed by atoms with van der Waals surface area (Å²) in [6, 6.07) is 6.94. The van der Waals surface area contributed by atoms with Crippen LogP contribution in [0.4, 0.5) is 4.79 Å². The van der Waals surface area contributed by atoms with Crippen molar-refractivity contribution in [3.8, 4) is 0 Å². The number of hydrogen-bond donors (Lipinski definition) is 3. The van der Waals surface area contributed by atoms with E-state index in [0.717, 1.165) is 5.56 Å². The summed E-state index contributed by atoms with van der Waals surface area (Å²) in [4.78, 5) is 11.6. The molecular formula is C14H21ClN2O3. The second kappa shape index (κ2) is 7.47. The lowest BCUT2D eigenvalue weighted by Crippen LogP contribution is -2.44. The summed E-state index contributed by atoms with van der Waals surface area (Å²) in [5, 5.41) is 15.4. The van der Waals surface area contributed by atoms with Gasteiger partial charge in [0, 0.05) is 25.2 Å². The normalized spacial score (nSPS) is 12.8. The van der Waals surface area contributed by atoms with Crippen LogP contribution in [0.2, 0.25) is 5.02 Å². The van der Waals surface area contributed by atoms with Gasteiger partial charge >= 0.3 is 6.03 Å². The fraction of sp³-hybridized carbons (Fsp3) is 0.500. The quantitative estimate of drug-likeness (QED) is 0.753. The number of ether oxygens (including phenoxy) is 1. The van der Waals surface area contributed by atoms with E-state index in [0.29, 0.717) is 11.6 Å². The van der Waals surface area contributed by atoms with E-state index in [9.17, 15) is 9.90 Å². The Hall–Kier alpha value is -1.30. The summed E-state index contributed by atoms with van der Waals surface area (Å²) in [6.45, 7) is 3.73. The fourth-order valence-electron chi connectivity index (χ4n) is 1.59. The number of rotatable bonds is 6. The highest BCUT2D eigenvalue weighted by Gasteiger charge is 2.15. The van der Waals surface area contributed by atoms with Crippen molar-refractivity contribution in [1.82, 2.24) is 10.6 Å². The molecule has 112 valence electrons. The Labute approximate surface area is 124 Å². The molecule has 2 amide bonds. The van der Waals surface area contributed by atoms with Crippen LogP contribution in [0.25, 0.3) is 0 Å². The van der Waals surface area contributed by atoms with E-state index < -0.39 is 5.60 Å². The fourth-order valence-corrected chi connectivity index (χ4v) is 1.79. The van der Waals surface area contributed by atoms with Crippen molar-refractivity contribution < 1.29 is 14.6 Å². The van der Waals surface area contributed by atoms with Gasteiger partial charge in [0.2, 0.25) is 0 Å². The third-order valence-corrected chi connectivity index (χ3v) is 2.87. The van der Waals surface area contributed by atoms with Crippen LogP contribution < -0.4 is 10.6 Å². The van der Waals surface area contributed by atoms with Crippen molar-refractivity contribution in [3.63, 3.8) is 0 Å². The van der Waals surface area contributed by atoms with Gasteiger partial charge < -0.3 is 20.5 Å². The minimum absolute atomic E-state index is 0.174. The summed E-state index contributed by atoms with van der Waals surface area (Å²) in [5.41, 5.74) is -0.0481. The minimum atomic E-state index is -0.940. The molecule has 20 heavy (non-hydrogen) atoms. The summed E-state index contributed by atoms with van der Waals surface area (Å²) in [7, 11) is 1.57. The van der Waals surface area contributed by atoms with Crippen molar-refractivity contribution in [2.24, 2.45) is 0 Å². The molecule has 0 bridgehead atoms. The van der Waals surface area contributed by atoms with E-state index in [1.54, 1.807) is 33.1 Å². The zero-order chi connectivity index (χ0) is 15.2. The van der Waals surface area contributed by atoms with Gasteiger partial charge in [-0.15, -0.1) is 0 Å². The van der Waals surface area contributed by atoms with Crippen LogP contribution >= 0.6 is 11.6 Å². The second-order valence-corrected chi connectivity index (χ2v) is 5.59. The number of methoxy groups -OCH3 is 1. The molecule has 0 aromatic heterocycles. The van der Waals surface area contributed by atoms with Gasteiger partial charge in [-0.25, -0.2) is 4.79 Å². The van der Waals surface area contributed by atoms with Gasteiger partial charge in [-0.2, -0.15) is 0 Å². The zero-order valence-corrected chi connectivity index (χ0v) is 12.7. The Morgan fingerprint density at radius 2 is 2.15 bits per heavy atom. The van der Waals surface area contributed by atoms with Crippen LogP contribution in [-0.2, 0) is 4.74 Å². The number of carbonyl (C=O) groups is 1. The Morgan fingerprint density at radius 1 is 1.45 bits per heavy atom. The number of nitrogens with one attached hydrogen (secondary N) is 2. The lowest BCUT2D eigenvalue weighted by atomic mass is 10.1. The molecule has 0 fully saturated rings. The first-order valence-corrected chi connectivity index (χ1v) is 6.72. The summed E-state index contributed by atoms with van der Waals surface area (Å²) in [6.07, 6.45) is -0.276. The summed E-state index contributed by atoms with van der Waals surface area (Å²) >= 11 is 5.93. The van der Waals surface area contributed by atoms with E-state index in [2.05, 4.69) is 10.6 Å². The molecule has 0 aliphatic rings. The van der Waals surface area contributed by atoms with E-state index >= 15 is 0 Å². The standard InChI is InChI=1S/C14H21ClN2O3/c1-14(2,19)9-17-13(18)16-8-12(20-3)10-5-4-6-11(15)7-10/h4-7,12,19H,8-9H2,1-3H3,(H2,16,17,18)/t12-/m0/s1. The predicted octanol–water partition coefficient (Wildman–Crippen LogP) is 2.10. The molecule has 0 spiro atoms. The average molecular weight is 301 g/mol. The van der Waals surface area contributed by atoms with Crippen molar-refractivity contribution in [3.05, 3.63) is 34.9 Å². The third-order valence-electron chi connectivity index (χ3n) is 2.63. The highest BCUT2D eigenvalue weighted by Crippen LogP contribution is 2.19. The highest BCUT2D eigenvalue weighted by molar-refractivity contribution is 6.30. The van der Waals surface area contributed by atoms with Gasteiger partial charge in [-0.05, 0) is 31.5 Å². The lowest BCUT2D eigenvalue weighted by Gasteiger charge is -2.20. The SMILES string of the molecule is CO[C@@H](CNC(=O)NCC(C)(C)O)c1cccc(Cl)c1. The van der Waals surface area contributed by atoms with Crippen molar-refractivity contribution in [2.75, 3.05) is 20.2 Å². The van der Waals surface area contributed by atoms with E-state index in [1.165, 1.54) is 0 Å². The molecule has 0 radical (unpaired) electrons.